The van der Waals surface area contributed by atoms with Crippen LogP contribution >= 0.6 is 0 Å². The highest BCUT2D eigenvalue weighted by Crippen LogP contribution is 2.32. The van der Waals surface area contributed by atoms with Crippen LogP contribution in [0.4, 0.5) is 0 Å². The number of aliphatic hydroxyl groups excluding tert-OH is 1. The van der Waals surface area contributed by atoms with Crippen LogP contribution < -0.4 is 0 Å². The third-order valence-corrected chi connectivity index (χ3v) is 3.94. The van der Waals surface area contributed by atoms with Crippen LogP contribution in [0.15, 0.2) is 67.0 Å². The standard InChI is InChI=1S/C19H15N3O/c23-12-13-3-1-4-15(9-13)19-17(5-2-8-20-19)14-6-7-18-16(10-14)11-21-22-18/h1-11,23H,12H2,(H,21,22). The molecule has 0 fully saturated rings. The van der Waals surface area contributed by atoms with Crippen molar-refractivity contribution in [3.63, 3.8) is 0 Å². The Morgan fingerprint density at radius 3 is 2.83 bits per heavy atom. The number of nitrogens with one attached hydrogen (secondary N) is 1. The Bertz CT molecular complexity index is 975. The fourth-order valence-corrected chi connectivity index (χ4v) is 2.80. The number of H-pyrrole nitrogens is 1. The number of rotatable bonds is 3. The molecule has 0 unspecified atom stereocenters. The Labute approximate surface area is 133 Å². The van der Waals surface area contributed by atoms with Crippen LogP contribution in [-0.4, -0.2) is 20.3 Å². The predicted molar refractivity (Wildman–Crippen MR) is 90.7 cm³/mol. The van der Waals surface area contributed by atoms with E-state index in [1.165, 1.54) is 0 Å². The maximum Gasteiger partial charge on any atom is 0.0780 e. The van der Waals surface area contributed by atoms with E-state index in [0.29, 0.717) is 0 Å². The summed E-state index contributed by atoms with van der Waals surface area (Å²) in [5, 5.41) is 17.5. The van der Waals surface area contributed by atoms with E-state index in [1.807, 2.05) is 42.6 Å². The molecule has 2 aromatic carbocycles. The van der Waals surface area contributed by atoms with Crippen molar-refractivity contribution < 1.29 is 5.11 Å². The minimum Gasteiger partial charge on any atom is -0.392 e. The first kappa shape index (κ1) is 13.7. The smallest absolute Gasteiger partial charge is 0.0780 e. The summed E-state index contributed by atoms with van der Waals surface area (Å²) < 4.78 is 0. The largest absolute Gasteiger partial charge is 0.392 e. The van der Waals surface area contributed by atoms with Crippen molar-refractivity contribution in [2.45, 2.75) is 6.61 Å². The van der Waals surface area contributed by atoms with Crippen molar-refractivity contribution in [1.29, 1.82) is 0 Å². The second kappa shape index (κ2) is 5.66. The molecule has 2 heterocycles. The van der Waals surface area contributed by atoms with Crippen LogP contribution in [0.25, 0.3) is 33.3 Å². The zero-order chi connectivity index (χ0) is 15.6. The summed E-state index contributed by atoms with van der Waals surface area (Å²) in [6.07, 6.45) is 3.61. The minimum atomic E-state index is 0.0248. The summed E-state index contributed by atoms with van der Waals surface area (Å²) >= 11 is 0. The van der Waals surface area contributed by atoms with Crippen molar-refractivity contribution >= 4 is 10.9 Å². The monoisotopic (exact) mass is 301 g/mol. The highest BCUT2D eigenvalue weighted by atomic mass is 16.3. The van der Waals surface area contributed by atoms with Crippen LogP contribution in [0.3, 0.4) is 0 Å². The number of pyridine rings is 1. The molecule has 4 aromatic rings. The van der Waals surface area contributed by atoms with Crippen LogP contribution in [0.1, 0.15) is 5.56 Å². The highest BCUT2D eigenvalue weighted by Gasteiger charge is 2.10. The molecular weight excluding hydrogens is 286 g/mol. The molecule has 4 heteroatoms. The number of aromatic amines is 1. The van der Waals surface area contributed by atoms with Crippen molar-refractivity contribution in [2.24, 2.45) is 0 Å². The molecule has 0 bridgehead atoms. The van der Waals surface area contributed by atoms with Gasteiger partial charge >= 0.3 is 0 Å². The van der Waals surface area contributed by atoms with E-state index < -0.39 is 0 Å². The van der Waals surface area contributed by atoms with E-state index in [2.05, 4.69) is 33.4 Å². The van der Waals surface area contributed by atoms with Crippen LogP contribution in [0, 0.1) is 0 Å². The van der Waals surface area contributed by atoms with Gasteiger partial charge in [0.05, 0.1) is 24.0 Å². The third-order valence-electron chi connectivity index (χ3n) is 3.94. The summed E-state index contributed by atoms with van der Waals surface area (Å²) in [5.41, 5.74) is 5.96. The lowest BCUT2D eigenvalue weighted by Gasteiger charge is -2.10. The van der Waals surface area contributed by atoms with Gasteiger partial charge in [-0.3, -0.25) is 10.1 Å². The topological polar surface area (TPSA) is 61.8 Å². The first-order chi connectivity index (χ1) is 11.3. The third kappa shape index (κ3) is 2.49. The zero-order valence-electron chi connectivity index (χ0n) is 12.4. The molecule has 2 aromatic heterocycles. The number of hydrogen-bond acceptors (Lipinski definition) is 3. The van der Waals surface area contributed by atoms with Gasteiger partial charge in [0.2, 0.25) is 0 Å². The van der Waals surface area contributed by atoms with Gasteiger partial charge in [-0.1, -0.05) is 30.3 Å². The van der Waals surface area contributed by atoms with E-state index in [0.717, 1.165) is 38.9 Å². The summed E-state index contributed by atoms with van der Waals surface area (Å²) in [6.45, 7) is 0.0248. The van der Waals surface area contributed by atoms with Gasteiger partial charge in [0.15, 0.2) is 0 Å². The van der Waals surface area contributed by atoms with Gasteiger partial charge < -0.3 is 5.11 Å². The first-order valence-corrected chi connectivity index (χ1v) is 7.44. The second-order valence-corrected chi connectivity index (χ2v) is 5.43. The molecule has 0 radical (unpaired) electrons. The van der Waals surface area contributed by atoms with Crippen molar-refractivity contribution in [2.75, 3.05) is 0 Å². The van der Waals surface area contributed by atoms with Gasteiger partial charge in [-0.15, -0.1) is 0 Å². The Morgan fingerprint density at radius 2 is 1.91 bits per heavy atom. The number of aromatic nitrogens is 3. The van der Waals surface area contributed by atoms with Crippen LogP contribution in [-0.2, 0) is 6.61 Å². The molecule has 4 rings (SSSR count). The summed E-state index contributed by atoms with van der Waals surface area (Å²) in [4.78, 5) is 4.56. The Balaban J connectivity index is 1.89. The minimum absolute atomic E-state index is 0.0248. The molecule has 112 valence electrons. The van der Waals surface area contributed by atoms with Crippen molar-refractivity contribution in [1.82, 2.24) is 15.2 Å². The van der Waals surface area contributed by atoms with Gasteiger partial charge in [0.25, 0.3) is 0 Å². The first-order valence-electron chi connectivity index (χ1n) is 7.44. The van der Waals surface area contributed by atoms with Crippen molar-refractivity contribution in [3.05, 3.63) is 72.6 Å². The zero-order valence-corrected chi connectivity index (χ0v) is 12.4. The van der Waals surface area contributed by atoms with Crippen molar-refractivity contribution in [3.8, 4) is 22.4 Å². The second-order valence-electron chi connectivity index (χ2n) is 5.43. The van der Waals surface area contributed by atoms with E-state index >= 15 is 0 Å². The van der Waals surface area contributed by atoms with Crippen LogP contribution in [0.2, 0.25) is 0 Å². The lowest BCUT2D eigenvalue weighted by Crippen LogP contribution is -1.90. The SMILES string of the molecule is OCc1cccc(-c2ncccc2-c2ccc3[nH]ncc3c2)c1. The maximum atomic E-state index is 9.36. The summed E-state index contributed by atoms with van der Waals surface area (Å²) in [6, 6.07) is 18.0. The fraction of sp³-hybridized carbons (Fsp3) is 0.0526. The lowest BCUT2D eigenvalue weighted by atomic mass is 9.97. The maximum absolute atomic E-state index is 9.36. The Hall–Kier alpha value is -2.98. The summed E-state index contributed by atoms with van der Waals surface area (Å²) in [5.74, 6) is 0. The average molecular weight is 301 g/mol. The molecule has 23 heavy (non-hydrogen) atoms. The fourth-order valence-electron chi connectivity index (χ4n) is 2.80. The predicted octanol–water partition coefficient (Wildman–Crippen LogP) is 3.78. The number of hydrogen-bond donors (Lipinski definition) is 2. The molecule has 4 nitrogen and oxygen atoms in total. The van der Waals surface area contributed by atoms with Gasteiger partial charge in [0.1, 0.15) is 0 Å². The molecular formula is C19H15N3O. The number of fused-ring (bicyclic) bond motifs is 1. The molecule has 0 spiro atoms. The molecule has 2 N–H and O–H groups in total. The van der Waals surface area contributed by atoms with Gasteiger partial charge in [-0.05, 0) is 35.4 Å². The van der Waals surface area contributed by atoms with Gasteiger partial charge in [-0.25, -0.2) is 0 Å². The Morgan fingerprint density at radius 1 is 0.957 bits per heavy atom. The molecule has 0 atom stereocenters. The highest BCUT2D eigenvalue weighted by molar-refractivity contribution is 5.88. The van der Waals surface area contributed by atoms with Crippen LogP contribution in [0.5, 0.6) is 0 Å². The Kier molecular flexibility index (Phi) is 3.37. The normalized spacial score (nSPS) is 11.0. The number of benzene rings is 2. The number of aliphatic hydroxyl groups is 1. The molecule has 0 aliphatic heterocycles. The van der Waals surface area contributed by atoms with E-state index in [4.69, 9.17) is 0 Å². The molecule has 0 aliphatic carbocycles. The average Bonchev–Trinajstić information content (AvgIpc) is 3.09. The molecule has 0 saturated heterocycles. The summed E-state index contributed by atoms with van der Waals surface area (Å²) in [7, 11) is 0. The van der Waals surface area contributed by atoms with E-state index in [9.17, 15) is 5.11 Å². The van der Waals surface area contributed by atoms with E-state index in [1.54, 1.807) is 6.20 Å². The molecule has 0 saturated carbocycles. The van der Waals surface area contributed by atoms with Gasteiger partial charge in [-0.2, -0.15) is 5.10 Å². The molecule has 0 aliphatic rings. The number of nitrogens with zero attached hydrogens (tertiary/aromatic N) is 2. The molecule has 0 amide bonds. The van der Waals surface area contributed by atoms with Gasteiger partial charge in [0, 0.05) is 22.7 Å². The quantitative estimate of drug-likeness (QED) is 0.605. The lowest BCUT2D eigenvalue weighted by molar-refractivity contribution is 0.282. The van der Waals surface area contributed by atoms with E-state index in [-0.39, 0.29) is 6.61 Å².